The summed E-state index contributed by atoms with van der Waals surface area (Å²) in [6.45, 7) is 4.19. The number of carbonyl (C=O) groups is 2. The van der Waals surface area contributed by atoms with Gasteiger partial charge in [-0.2, -0.15) is 0 Å². The van der Waals surface area contributed by atoms with Crippen LogP contribution in [0, 0.1) is 3.77 Å². The minimum Gasteiger partial charge on any atom is -0.451 e. The van der Waals surface area contributed by atoms with Crippen molar-refractivity contribution in [3.8, 4) is 0 Å². The highest BCUT2D eigenvalue weighted by Crippen LogP contribution is 2.25. The number of nitrogens with zero attached hydrogens (tertiary/aromatic N) is 1. The van der Waals surface area contributed by atoms with Crippen LogP contribution in [0.1, 0.15) is 31.1 Å². The van der Waals surface area contributed by atoms with Crippen molar-refractivity contribution in [2.24, 2.45) is 0 Å². The maximum atomic E-state index is 12.8. The molecule has 2 amide bonds. The Balaban J connectivity index is 1.96. The van der Waals surface area contributed by atoms with Gasteiger partial charge in [0, 0.05) is 0 Å². The van der Waals surface area contributed by atoms with Crippen LogP contribution in [0.4, 0.5) is 5.69 Å². The first-order valence-corrected chi connectivity index (χ1v) is 9.12. The lowest BCUT2D eigenvalue weighted by Gasteiger charge is -2.29. The van der Waals surface area contributed by atoms with Crippen molar-refractivity contribution in [2.75, 3.05) is 4.90 Å². The lowest BCUT2D eigenvalue weighted by molar-refractivity contribution is -0.122. The summed E-state index contributed by atoms with van der Waals surface area (Å²) >= 11 is 7.21. The van der Waals surface area contributed by atoms with E-state index in [4.69, 9.17) is 16.6 Å². The Morgan fingerprint density at radius 2 is 1.84 bits per heavy atom. The van der Waals surface area contributed by atoms with Crippen LogP contribution in [0.25, 0.3) is 6.08 Å². The topological polar surface area (TPSA) is 62.6 Å². The molecule has 1 fully saturated rings. The van der Waals surface area contributed by atoms with Gasteiger partial charge in [0.15, 0.2) is 8.88 Å². The fourth-order valence-corrected chi connectivity index (χ4v) is 3.16. The molecule has 0 bridgehead atoms. The Kier molecular flexibility index (Phi) is 5.05. The number of thiocarbonyl (C=S) groups is 1. The van der Waals surface area contributed by atoms with Crippen LogP contribution >= 0.6 is 34.8 Å². The molecule has 2 aromatic rings. The van der Waals surface area contributed by atoms with E-state index in [9.17, 15) is 9.59 Å². The molecule has 0 saturated carbocycles. The molecule has 2 heterocycles. The van der Waals surface area contributed by atoms with Gasteiger partial charge in [-0.1, -0.05) is 26.0 Å². The Morgan fingerprint density at radius 3 is 2.40 bits per heavy atom. The highest BCUT2D eigenvalue weighted by molar-refractivity contribution is 14.1. The summed E-state index contributed by atoms with van der Waals surface area (Å²) in [4.78, 5) is 26.4. The zero-order valence-electron chi connectivity index (χ0n) is 13.6. The van der Waals surface area contributed by atoms with Crippen molar-refractivity contribution in [3.63, 3.8) is 0 Å². The standard InChI is InChI=1S/C18H15IN2O3S/c1-10(2)11-3-5-12(6-4-11)21-17(23)14(16(22)20-18(21)25)9-13-7-8-15(19)24-13/h3-10H,1-2H3,(H,20,22,25)/b14-9+. The lowest BCUT2D eigenvalue weighted by Crippen LogP contribution is -2.54. The summed E-state index contributed by atoms with van der Waals surface area (Å²) in [5.41, 5.74) is 1.75. The molecule has 5 nitrogen and oxygen atoms in total. The first kappa shape index (κ1) is 17.8. The molecule has 0 aliphatic carbocycles. The van der Waals surface area contributed by atoms with E-state index in [0.29, 0.717) is 21.1 Å². The van der Waals surface area contributed by atoms with E-state index in [1.165, 1.54) is 11.0 Å². The number of nitrogens with one attached hydrogen (secondary N) is 1. The average Bonchev–Trinajstić information content (AvgIpc) is 2.97. The fourth-order valence-electron chi connectivity index (χ4n) is 2.45. The first-order chi connectivity index (χ1) is 11.9. The Morgan fingerprint density at radius 1 is 1.16 bits per heavy atom. The number of carbonyl (C=O) groups excluding carboxylic acids is 2. The molecule has 0 radical (unpaired) electrons. The van der Waals surface area contributed by atoms with Crippen LogP contribution in [0.2, 0.25) is 0 Å². The summed E-state index contributed by atoms with van der Waals surface area (Å²) in [7, 11) is 0. The van der Waals surface area contributed by atoms with Crippen molar-refractivity contribution in [3.05, 3.63) is 57.1 Å². The second-order valence-electron chi connectivity index (χ2n) is 5.85. The lowest BCUT2D eigenvalue weighted by atomic mass is 10.0. The molecule has 128 valence electrons. The van der Waals surface area contributed by atoms with Crippen molar-refractivity contribution in [1.29, 1.82) is 0 Å². The van der Waals surface area contributed by atoms with Crippen molar-refractivity contribution >= 4 is 63.5 Å². The summed E-state index contributed by atoms with van der Waals surface area (Å²) in [6.07, 6.45) is 1.43. The van der Waals surface area contributed by atoms with Crippen LogP contribution in [-0.4, -0.2) is 16.9 Å². The van der Waals surface area contributed by atoms with Crippen LogP contribution in [0.15, 0.2) is 46.4 Å². The third-order valence-corrected chi connectivity index (χ3v) is 4.66. The Bertz CT molecular complexity index is 884. The van der Waals surface area contributed by atoms with Gasteiger partial charge in [-0.3, -0.25) is 19.8 Å². The van der Waals surface area contributed by atoms with E-state index in [2.05, 4.69) is 19.2 Å². The molecule has 3 rings (SSSR count). The number of amides is 2. The normalized spacial score (nSPS) is 16.7. The quantitative estimate of drug-likeness (QED) is 0.323. The summed E-state index contributed by atoms with van der Waals surface area (Å²) in [5.74, 6) is -0.186. The van der Waals surface area contributed by atoms with Gasteiger partial charge in [-0.05, 0) is 76.6 Å². The second-order valence-corrected chi connectivity index (χ2v) is 7.30. The van der Waals surface area contributed by atoms with Crippen LogP contribution in [-0.2, 0) is 9.59 Å². The van der Waals surface area contributed by atoms with Crippen LogP contribution in [0.5, 0.6) is 0 Å². The predicted octanol–water partition coefficient (Wildman–Crippen LogP) is 3.84. The van der Waals surface area contributed by atoms with Crippen molar-refractivity contribution in [2.45, 2.75) is 19.8 Å². The van der Waals surface area contributed by atoms with E-state index >= 15 is 0 Å². The molecule has 1 aliphatic rings. The van der Waals surface area contributed by atoms with Gasteiger partial charge in [-0.15, -0.1) is 0 Å². The SMILES string of the molecule is CC(C)c1ccc(N2C(=O)/C(=C/c3ccc(I)o3)C(=O)NC2=S)cc1. The maximum absolute atomic E-state index is 12.8. The molecular weight excluding hydrogens is 451 g/mol. The Labute approximate surface area is 164 Å². The van der Waals surface area contributed by atoms with E-state index < -0.39 is 11.8 Å². The largest absolute Gasteiger partial charge is 0.451 e. The number of hydrogen-bond acceptors (Lipinski definition) is 4. The van der Waals surface area contributed by atoms with Crippen molar-refractivity contribution in [1.82, 2.24) is 5.32 Å². The zero-order valence-corrected chi connectivity index (χ0v) is 16.6. The smallest absolute Gasteiger partial charge is 0.270 e. The van der Waals surface area contributed by atoms with Crippen LogP contribution in [0.3, 0.4) is 0 Å². The van der Waals surface area contributed by atoms with E-state index in [0.717, 1.165) is 5.56 Å². The number of benzene rings is 1. The molecule has 1 saturated heterocycles. The van der Waals surface area contributed by atoms with Gasteiger partial charge in [0.1, 0.15) is 11.3 Å². The highest BCUT2D eigenvalue weighted by Gasteiger charge is 2.34. The number of furan rings is 1. The van der Waals surface area contributed by atoms with Gasteiger partial charge in [-0.25, -0.2) is 0 Å². The maximum Gasteiger partial charge on any atom is 0.270 e. The third-order valence-electron chi connectivity index (χ3n) is 3.80. The fraction of sp³-hybridized carbons (Fsp3) is 0.167. The minimum atomic E-state index is -0.531. The molecule has 1 N–H and O–H groups in total. The number of anilines is 1. The van der Waals surface area contributed by atoms with Gasteiger partial charge in [0.2, 0.25) is 0 Å². The summed E-state index contributed by atoms with van der Waals surface area (Å²) in [5, 5.41) is 2.63. The summed E-state index contributed by atoms with van der Waals surface area (Å²) < 4.78 is 6.09. The molecule has 1 aromatic carbocycles. The van der Waals surface area contributed by atoms with Crippen molar-refractivity contribution < 1.29 is 14.0 Å². The second kappa shape index (κ2) is 7.09. The van der Waals surface area contributed by atoms with Gasteiger partial charge in [0.05, 0.1) is 5.69 Å². The molecule has 1 aromatic heterocycles. The molecular formula is C18H15IN2O3S. The number of hydrogen-bond donors (Lipinski definition) is 1. The number of halogens is 1. The predicted molar refractivity (Wildman–Crippen MR) is 108 cm³/mol. The third kappa shape index (κ3) is 3.67. The monoisotopic (exact) mass is 466 g/mol. The molecule has 0 spiro atoms. The first-order valence-electron chi connectivity index (χ1n) is 7.63. The van der Waals surface area contributed by atoms with E-state index in [1.54, 1.807) is 12.1 Å². The number of rotatable bonds is 3. The highest BCUT2D eigenvalue weighted by atomic mass is 127. The van der Waals surface area contributed by atoms with Crippen LogP contribution < -0.4 is 10.2 Å². The molecule has 7 heteroatoms. The average molecular weight is 466 g/mol. The molecule has 0 atom stereocenters. The minimum absolute atomic E-state index is 0.0210. The van der Waals surface area contributed by atoms with E-state index in [-0.39, 0.29) is 10.7 Å². The zero-order chi connectivity index (χ0) is 18.1. The molecule has 25 heavy (non-hydrogen) atoms. The van der Waals surface area contributed by atoms with Gasteiger partial charge >= 0.3 is 0 Å². The van der Waals surface area contributed by atoms with Gasteiger partial charge in [0.25, 0.3) is 11.8 Å². The molecule has 0 unspecified atom stereocenters. The van der Waals surface area contributed by atoms with Gasteiger partial charge < -0.3 is 4.42 Å². The molecule has 1 aliphatic heterocycles. The summed E-state index contributed by atoms with van der Waals surface area (Å²) in [6, 6.07) is 11.0. The Hall–Kier alpha value is -2.00. The van der Waals surface area contributed by atoms with E-state index in [1.807, 2.05) is 46.9 Å².